The van der Waals surface area contributed by atoms with E-state index in [1.807, 2.05) is 18.5 Å². The van der Waals surface area contributed by atoms with Crippen molar-refractivity contribution in [2.75, 3.05) is 20.6 Å². The second kappa shape index (κ2) is 6.39. The van der Waals surface area contributed by atoms with Gasteiger partial charge in [0.2, 0.25) is 11.7 Å². The maximum Gasteiger partial charge on any atom is 0.221 e. The van der Waals surface area contributed by atoms with E-state index in [1.165, 1.54) is 4.88 Å². The Bertz CT molecular complexity index is 523. The SMILES string of the molecule is CNC(=O)CCN(C)Cc1cc(-c2nn[nH]n2)cs1. The number of nitrogens with zero attached hydrogens (tertiary/aromatic N) is 4. The highest BCUT2D eigenvalue weighted by molar-refractivity contribution is 7.10. The van der Waals surface area contributed by atoms with E-state index in [1.54, 1.807) is 18.4 Å². The minimum Gasteiger partial charge on any atom is -0.359 e. The van der Waals surface area contributed by atoms with Crippen LogP contribution in [0.2, 0.25) is 0 Å². The summed E-state index contributed by atoms with van der Waals surface area (Å²) in [4.78, 5) is 14.5. The van der Waals surface area contributed by atoms with E-state index in [9.17, 15) is 4.79 Å². The van der Waals surface area contributed by atoms with Gasteiger partial charge in [0.05, 0.1) is 0 Å². The van der Waals surface area contributed by atoms with Crippen LogP contribution in [-0.4, -0.2) is 52.1 Å². The Morgan fingerprint density at radius 2 is 2.42 bits per heavy atom. The number of nitrogens with one attached hydrogen (secondary N) is 2. The van der Waals surface area contributed by atoms with Crippen molar-refractivity contribution in [3.63, 3.8) is 0 Å². The van der Waals surface area contributed by atoms with Crippen LogP contribution in [0.5, 0.6) is 0 Å². The van der Waals surface area contributed by atoms with Crippen molar-refractivity contribution in [2.24, 2.45) is 0 Å². The van der Waals surface area contributed by atoms with Crippen LogP contribution in [0.15, 0.2) is 11.4 Å². The molecule has 2 aromatic rings. The van der Waals surface area contributed by atoms with Gasteiger partial charge in [-0.25, -0.2) is 0 Å². The molecule has 0 aliphatic carbocycles. The number of carbonyl (C=O) groups excluding carboxylic acids is 1. The maximum absolute atomic E-state index is 11.2. The van der Waals surface area contributed by atoms with Crippen LogP contribution < -0.4 is 5.32 Å². The normalized spacial score (nSPS) is 10.9. The summed E-state index contributed by atoms with van der Waals surface area (Å²) in [5.41, 5.74) is 0.966. The molecule has 2 aromatic heterocycles. The van der Waals surface area contributed by atoms with Gasteiger partial charge >= 0.3 is 0 Å². The second-order valence-corrected chi connectivity index (χ2v) is 5.19. The third-order valence-corrected chi connectivity index (χ3v) is 3.60. The van der Waals surface area contributed by atoms with Gasteiger partial charge in [0.1, 0.15) is 0 Å². The Morgan fingerprint density at radius 1 is 1.58 bits per heavy atom. The van der Waals surface area contributed by atoms with Crippen LogP contribution in [0, 0.1) is 0 Å². The molecule has 1 amide bonds. The van der Waals surface area contributed by atoms with Gasteiger partial charge < -0.3 is 10.2 Å². The summed E-state index contributed by atoms with van der Waals surface area (Å²) in [6.45, 7) is 1.54. The molecular formula is C11H16N6OS. The minimum atomic E-state index is 0.0607. The molecule has 0 aliphatic heterocycles. The summed E-state index contributed by atoms with van der Waals surface area (Å²) in [6, 6.07) is 2.05. The van der Waals surface area contributed by atoms with Gasteiger partial charge in [-0.05, 0) is 18.3 Å². The van der Waals surface area contributed by atoms with E-state index in [2.05, 4.69) is 30.8 Å². The number of aromatic nitrogens is 4. The highest BCUT2D eigenvalue weighted by Gasteiger charge is 2.09. The molecule has 0 atom stereocenters. The lowest BCUT2D eigenvalue weighted by Crippen LogP contribution is -2.26. The average Bonchev–Trinajstić information content (AvgIpc) is 3.06. The fourth-order valence-electron chi connectivity index (χ4n) is 1.63. The molecule has 0 aliphatic rings. The van der Waals surface area contributed by atoms with Gasteiger partial charge in [-0.15, -0.1) is 21.5 Å². The smallest absolute Gasteiger partial charge is 0.221 e. The molecule has 0 unspecified atom stereocenters. The molecule has 2 rings (SSSR count). The van der Waals surface area contributed by atoms with Gasteiger partial charge in [0, 0.05) is 42.4 Å². The summed E-state index contributed by atoms with van der Waals surface area (Å²) < 4.78 is 0. The summed E-state index contributed by atoms with van der Waals surface area (Å²) in [7, 11) is 3.65. The molecular weight excluding hydrogens is 264 g/mol. The first-order valence-corrected chi connectivity index (χ1v) is 6.77. The lowest BCUT2D eigenvalue weighted by molar-refractivity contribution is -0.120. The molecule has 0 fully saturated rings. The number of aromatic amines is 1. The second-order valence-electron chi connectivity index (χ2n) is 4.20. The number of rotatable bonds is 6. The predicted molar refractivity (Wildman–Crippen MR) is 72.5 cm³/mol. The highest BCUT2D eigenvalue weighted by atomic mass is 32.1. The number of hydrogen-bond acceptors (Lipinski definition) is 6. The van der Waals surface area contributed by atoms with Gasteiger partial charge in [0.25, 0.3) is 0 Å². The number of tetrazole rings is 1. The molecule has 19 heavy (non-hydrogen) atoms. The molecule has 2 heterocycles. The van der Waals surface area contributed by atoms with Crippen LogP contribution in [0.3, 0.4) is 0 Å². The number of hydrogen-bond donors (Lipinski definition) is 2. The Labute approximate surface area is 115 Å². The van der Waals surface area contributed by atoms with Crippen molar-refractivity contribution in [3.05, 3.63) is 16.3 Å². The third kappa shape index (κ3) is 3.83. The summed E-state index contributed by atoms with van der Waals surface area (Å²) in [6.07, 6.45) is 0.510. The quantitative estimate of drug-likeness (QED) is 0.804. The first-order chi connectivity index (χ1) is 9.19. The number of carbonyl (C=O) groups is 1. The Kier molecular flexibility index (Phi) is 4.58. The predicted octanol–water partition coefficient (Wildman–Crippen LogP) is 0.496. The first-order valence-electron chi connectivity index (χ1n) is 5.89. The molecule has 0 spiro atoms. The van der Waals surface area contributed by atoms with E-state index in [0.717, 1.165) is 18.7 Å². The minimum absolute atomic E-state index is 0.0607. The Balaban J connectivity index is 1.88. The zero-order valence-corrected chi connectivity index (χ0v) is 11.7. The standard InChI is InChI=1S/C11H16N6OS/c1-12-10(18)3-4-17(2)6-9-5-8(7-19-9)11-13-15-16-14-11/h5,7H,3-4,6H2,1-2H3,(H,12,18)(H,13,14,15,16). The van der Waals surface area contributed by atoms with E-state index in [0.29, 0.717) is 12.2 Å². The molecule has 0 saturated carbocycles. The monoisotopic (exact) mass is 280 g/mol. The van der Waals surface area contributed by atoms with Crippen LogP contribution in [0.1, 0.15) is 11.3 Å². The van der Waals surface area contributed by atoms with Gasteiger partial charge in [0.15, 0.2) is 0 Å². The van der Waals surface area contributed by atoms with Gasteiger partial charge in [-0.2, -0.15) is 5.21 Å². The van der Waals surface area contributed by atoms with E-state index in [-0.39, 0.29) is 5.91 Å². The lowest BCUT2D eigenvalue weighted by atomic mass is 10.3. The molecule has 8 heteroatoms. The lowest BCUT2D eigenvalue weighted by Gasteiger charge is -2.14. The topological polar surface area (TPSA) is 86.8 Å². The van der Waals surface area contributed by atoms with Gasteiger partial charge in [-0.3, -0.25) is 4.79 Å². The van der Waals surface area contributed by atoms with Crippen LogP contribution in [0.4, 0.5) is 0 Å². The number of H-pyrrole nitrogens is 1. The molecule has 0 bridgehead atoms. The van der Waals surface area contributed by atoms with Crippen LogP contribution >= 0.6 is 11.3 Å². The van der Waals surface area contributed by atoms with E-state index < -0.39 is 0 Å². The Morgan fingerprint density at radius 3 is 3.11 bits per heavy atom. The average molecular weight is 280 g/mol. The molecule has 0 saturated heterocycles. The van der Waals surface area contributed by atoms with E-state index in [4.69, 9.17) is 0 Å². The fourth-order valence-corrected chi connectivity index (χ4v) is 2.57. The van der Waals surface area contributed by atoms with Gasteiger partial charge in [-0.1, -0.05) is 0 Å². The molecule has 2 N–H and O–H groups in total. The largest absolute Gasteiger partial charge is 0.359 e. The number of amides is 1. The van der Waals surface area contributed by atoms with Crippen molar-refractivity contribution in [2.45, 2.75) is 13.0 Å². The maximum atomic E-state index is 11.2. The summed E-state index contributed by atoms with van der Waals surface area (Å²) >= 11 is 1.65. The van der Waals surface area contributed by atoms with Crippen molar-refractivity contribution in [1.29, 1.82) is 0 Å². The molecule has 0 radical (unpaired) electrons. The van der Waals surface area contributed by atoms with Crippen molar-refractivity contribution < 1.29 is 4.79 Å². The fraction of sp³-hybridized carbons (Fsp3) is 0.455. The van der Waals surface area contributed by atoms with Crippen molar-refractivity contribution >= 4 is 17.2 Å². The molecule has 102 valence electrons. The summed E-state index contributed by atoms with van der Waals surface area (Å²) in [5, 5.41) is 18.5. The number of thiophene rings is 1. The van der Waals surface area contributed by atoms with Crippen LogP contribution in [0.25, 0.3) is 11.4 Å². The Hall–Kier alpha value is -1.80. The van der Waals surface area contributed by atoms with Crippen molar-refractivity contribution in [1.82, 2.24) is 30.8 Å². The molecule has 7 nitrogen and oxygen atoms in total. The summed E-state index contributed by atoms with van der Waals surface area (Å²) in [5.74, 6) is 0.668. The zero-order valence-electron chi connectivity index (χ0n) is 10.9. The third-order valence-electron chi connectivity index (χ3n) is 2.68. The molecule has 0 aromatic carbocycles. The zero-order chi connectivity index (χ0) is 13.7. The highest BCUT2D eigenvalue weighted by Crippen LogP contribution is 2.22. The van der Waals surface area contributed by atoms with Crippen LogP contribution in [-0.2, 0) is 11.3 Å². The first kappa shape index (κ1) is 13.6. The van der Waals surface area contributed by atoms with E-state index >= 15 is 0 Å². The van der Waals surface area contributed by atoms with Crippen molar-refractivity contribution in [3.8, 4) is 11.4 Å².